The summed E-state index contributed by atoms with van der Waals surface area (Å²) >= 11 is 2.92. The van der Waals surface area contributed by atoms with E-state index in [0.717, 1.165) is 10.6 Å². The highest BCUT2D eigenvalue weighted by Gasteiger charge is 2.16. The minimum Gasteiger partial charge on any atom is -0.321 e. The summed E-state index contributed by atoms with van der Waals surface area (Å²) in [5.74, 6) is -0.477. The lowest BCUT2D eigenvalue weighted by atomic mass is 10.2. The Bertz CT molecular complexity index is 991. The number of carbonyl (C=O) groups is 1. The average Bonchev–Trinajstić information content (AvgIpc) is 3.17. The van der Waals surface area contributed by atoms with Crippen molar-refractivity contribution in [2.24, 2.45) is 5.14 Å². The van der Waals surface area contributed by atoms with Crippen LogP contribution < -0.4 is 10.5 Å². The Kier molecular flexibility index (Phi) is 5.00. The molecule has 0 fully saturated rings. The summed E-state index contributed by atoms with van der Waals surface area (Å²) in [6.07, 6.45) is 0. The predicted molar refractivity (Wildman–Crippen MR) is 101 cm³/mol. The van der Waals surface area contributed by atoms with E-state index in [2.05, 4.69) is 10.3 Å². The molecule has 0 aliphatic heterocycles. The van der Waals surface area contributed by atoms with Crippen LogP contribution in [0.5, 0.6) is 0 Å². The van der Waals surface area contributed by atoms with Gasteiger partial charge in [-0.3, -0.25) is 4.79 Å². The first-order chi connectivity index (χ1) is 11.8. The molecule has 25 heavy (non-hydrogen) atoms. The van der Waals surface area contributed by atoms with Gasteiger partial charge in [0, 0.05) is 16.6 Å². The van der Waals surface area contributed by atoms with Crippen LogP contribution in [0.25, 0.3) is 10.6 Å². The Balaban J connectivity index is 1.74. The first kappa shape index (κ1) is 17.7. The second kappa shape index (κ2) is 7.04. The van der Waals surface area contributed by atoms with Gasteiger partial charge in [-0.2, -0.15) is 11.3 Å². The van der Waals surface area contributed by atoms with Gasteiger partial charge in [0.25, 0.3) is 5.91 Å². The van der Waals surface area contributed by atoms with E-state index in [1.54, 1.807) is 42.5 Å². The van der Waals surface area contributed by atoms with Gasteiger partial charge in [-0.1, -0.05) is 12.1 Å². The molecule has 0 bridgehead atoms. The highest BCUT2D eigenvalue weighted by atomic mass is 32.2. The topological polar surface area (TPSA) is 102 Å². The van der Waals surface area contributed by atoms with Crippen molar-refractivity contribution in [3.63, 3.8) is 0 Å². The van der Waals surface area contributed by atoms with E-state index in [-0.39, 0.29) is 11.7 Å². The number of hydrogen-bond donors (Lipinski definition) is 2. The van der Waals surface area contributed by atoms with Gasteiger partial charge in [-0.05, 0) is 36.1 Å². The van der Waals surface area contributed by atoms with E-state index >= 15 is 0 Å². The van der Waals surface area contributed by atoms with Crippen LogP contribution in [-0.2, 0) is 15.8 Å². The molecule has 2 aromatic heterocycles. The van der Waals surface area contributed by atoms with E-state index < -0.39 is 10.0 Å². The van der Waals surface area contributed by atoms with Gasteiger partial charge < -0.3 is 5.32 Å². The molecule has 1 amide bonds. The predicted octanol–water partition coefficient (Wildman–Crippen LogP) is 3.22. The third-order valence-corrected chi connectivity index (χ3v) is 5.97. The van der Waals surface area contributed by atoms with E-state index in [1.165, 1.54) is 11.3 Å². The number of carbonyl (C=O) groups excluding carboxylic acids is 1. The molecule has 0 atom stereocenters. The van der Waals surface area contributed by atoms with Crippen molar-refractivity contribution in [2.75, 3.05) is 5.32 Å². The lowest BCUT2D eigenvalue weighted by molar-refractivity contribution is 0.103. The second-order valence-electron chi connectivity index (χ2n) is 5.40. The molecular formula is C16H15N3O3S3. The highest BCUT2D eigenvalue weighted by Crippen LogP contribution is 2.29. The van der Waals surface area contributed by atoms with E-state index in [0.29, 0.717) is 21.8 Å². The lowest BCUT2D eigenvalue weighted by Gasteiger charge is -2.05. The van der Waals surface area contributed by atoms with Gasteiger partial charge >= 0.3 is 0 Å². The summed E-state index contributed by atoms with van der Waals surface area (Å²) in [4.78, 5) is 17.5. The SMILES string of the molecule is Cc1nc(-c2ccsc2)sc1C(=O)Nc1ccc(CS(N)(=O)=O)cc1. The standard InChI is InChI=1S/C16H15N3O3S3/c1-10-14(24-16(18-10)12-6-7-23-8-12)15(20)19-13-4-2-11(3-5-13)9-25(17,21)22/h2-8H,9H2,1H3,(H,19,20)(H2,17,21,22). The third-order valence-electron chi connectivity index (χ3n) is 3.35. The molecule has 9 heteroatoms. The summed E-state index contributed by atoms with van der Waals surface area (Å²) in [6.45, 7) is 1.80. The first-order valence-corrected chi connectivity index (χ1v) is 10.7. The monoisotopic (exact) mass is 393 g/mol. The fourth-order valence-electron chi connectivity index (χ4n) is 2.22. The molecule has 0 unspecified atom stereocenters. The van der Waals surface area contributed by atoms with Gasteiger partial charge in [0.05, 0.1) is 11.4 Å². The zero-order valence-electron chi connectivity index (χ0n) is 13.2. The van der Waals surface area contributed by atoms with Crippen molar-refractivity contribution in [1.82, 2.24) is 4.98 Å². The number of aromatic nitrogens is 1. The first-order valence-electron chi connectivity index (χ1n) is 7.22. The molecule has 1 aromatic carbocycles. The van der Waals surface area contributed by atoms with Crippen LogP contribution in [0.15, 0.2) is 41.1 Å². The van der Waals surface area contributed by atoms with Crippen LogP contribution in [0, 0.1) is 6.92 Å². The molecule has 0 aliphatic carbocycles. The molecule has 0 spiro atoms. The Morgan fingerprint density at radius 1 is 1.24 bits per heavy atom. The molecule has 0 radical (unpaired) electrons. The largest absolute Gasteiger partial charge is 0.321 e. The number of amides is 1. The second-order valence-corrected chi connectivity index (χ2v) is 8.80. The Morgan fingerprint density at radius 2 is 1.96 bits per heavy atom. The number of hydrogen-bond acceptors (Lipinski definition) is 6. The maximum absolute atomic E-state index is 12.5. The number of thiazole rings is 1. The Labute approximate surface area is 153 Å². The number of nitrogens with zero attached hydrogens (tertiary/aromatic N) is 1. The fourth-order valence-corrected chi connectivity index (χ4v) is 4.55. The minimum atomic E-state index is -3.57. The number of nitrogens with two attached hydrogens (primary N) is 1. The van der Waals surface area contributed by atoms with Gasteiger partial charge in [-0.25, -0.2) is 18.5 Å². The summed E-state index contributed by atoms with van der Waals surface area (Å²) in [5, 5.41) is 12.6. The fraction of sp³-hybridized carbons (Fsp3) is 0.125. The molecule has 130 valence electrons. The van der Waals surface area contributed by atoms with Gasteiger partial charge in [-0.15, -0.1) is 11.3 Å². The normalized spacial score (nSPS) is 11.4. The number of rotatable bonds is 5. The maximum atomic E-state index is 12.5. The van der Waals surface area contributed by atoms with Crippen molar-refractivity contribution < 1.29 is 13.2 Å². The highest BCUT2D eigenvalue weighted by molar-refractivity contribution is 7.88. The number of anilines is 1. The molecule has 3 rings (SSSR count). The van der Waals surface area contributed by atoms with Crippen LogP contribution in [0.4, 0.5) is 5.69 Å². The van der Waals surface area contributed by atoms with Crippen LogP contribution in [0.2, 0.25) is 0 Å². The van der Waals surface area contributed by atoms with E-state index in [9.17, 15) is 13.2 Å². The van der Waals surface area contributed by atoms with Crippen molar-refractivity contribution in [3.8, 4) is 10.6 Å². The number of aryl methyl sites for hydroxylation is 1. The number of nitrogens with one attached hydrogen (secondary N) is 1. The maximum Gasteiger partial charge on any atom is 0.267 e. The molecule has 0 saturated heterocycles. The molecule has 0 saturated carbocycles. The van der Waals surface area contributed by atoms with Crippen LogP contribution >= 0.6 is 22.7 Å². The summed E-state index contributed by atoms with van der Waals surface area (Å²) < 4.78 is 22.2. The van der Waals surface area contributed by atoms with E-state index in [4.69, 9.17) is 5.14 Å². The molecule has 3 aromatic rings. The average molecular weight is 394 g/mol. The molecule has 6 nitrogen and oxygen atoms in total. The van der Waals surface area contributed by atoms with Crippen LogP contribution in [0.3, 0.4) is 0 Å². The number of primary sulfonamides is 1. The zero-order chi connectivity index (χ0) is 18.0. The number of thiophene rings is 1. The van der Waals surface area contributed by atoms with Crippen molar-refractivity contribution in [3.05, 3.63) is 57.2 Å². The zero-order valence-corrected chi connectivity index (χ0v) is 15.7. The molecule has 3 N–H and O–H groups in total. The Morgan fingerprint density at radius 3 is 2.56 bits per heavy atom. The van der Waals surface area contributed by atoms with Crippen molar-refractivity contribution >= 4 is 44.3 Å². The molecule has 2 heterocycles. The molecular weight excluding hydrogens is 378 g/mol. The lowest BCUT2D eigenvalue weighted by Crippen LogP contribution is -2.14. The Hall–Kier alpha value is -2.07. The van der Waals surface area contributed by atoms with Gasteiger partial charge in [0.2, 0.25) is 10.0 Å². The number of benzene rings is 1. The minimum absolute atomic E-state index is 0.237. The smallest absolute Gasteiger partial charge is 0.267 e. The van der Waals surface area contributed by atoms with Crippen LogP contribution in [0.1, 0.15) is 20.9 Å². The summed E-state index contributed by atoms with van der Waals surface area (Å²) in [5.41, 5.74) is 2.82. The molecule has 0 aliphatic rings. The van der Waals surface area contributed by atoms with Crippen molar-refractivity contribution in [2.45, 2.75) is 12.7 Å². The number of sulfonamides is 1. The van der Waals surface area contributed by atoms with E-state index in [1.807, 2.05) is 16.8 Å². The van der Waals surface area contributed by atoms with Crippen LogP contribution in [-0.4, -0.2) is 19.3 Å². The third kappa shape index (κ3) is 4.51. The van der Waals surface area contributed by atoms with Gasteiger partial charge in [0.15, 0.2) is 0 Å². The van der Waals surface area contributed by atoms with Crippen molar-refractivity contribution in [1.29, 1.82) is 0 Å². The summed E-state index contributed by atoms with van der Waals surface area (Å²) in [6, 6.07) is 8.50. The van der Waals surface area contributed by atoms with Gasteiger partial charge in [0.1, 0.15) is 9.88 Å². The summed E-state index contributed by atoms with van der Waals surface area (Å²) in [7, 11) is -3.57. The quantitative estimate of drug-likeness (QED) is 0.695.